The highest BCUT2D eigenvalue weighted by Gasteiger charge is 2.18. The van der Waals surface area contributed by atoms with E-state index in [1.165, 1.54) is 0 Å². The van der Waals surface area contributed by atoms with Gasteiger partial charge in [-0.3, -0.25) is 9.78 Å². The van der Waals surface area contributed by atoms with Crippen LogP contribution in [0.5, 0.6) is 5.75 Å². The largest absolute Gasteiger partial charge is 0.482 e. The number of halogens is 1. The highest BCUT2D eigenvalue weighted by molar-refractivity contribution is 6.33. The lowest BCUT2D eigenvalue weighted by Gasteiger charge is -2.20. The van der Waals surface area contributed by atoms with Gasteiger partial charge in [0.15, 0.2) is 6.61 Å². The minimum Gasteiger partial charge on any atom is -0.482 e. The lowest BCUT2D eigenvalue weighted by atomic mass is 10.2. The van der Waals surface area contributed by atoms with Gasteiger partial charge in [0.05, 0.1) is 16.4 Å². The second kappa shape index (κ2) is 5.38. The van der Waals surface area contributed by atoms with E-state index in [1.54, 1.807) is 24.5 Å². The Balaban J connectivity index is 1.79. The van der Waals surface area contributed by atoms with Gasteiger partial charge in [0.25, 0.3) is 5.91 Å². The Hall–Kier alpha value is -2.27. The molecule has 3 rings (SSSR count). The average Bonchev–Trinajstić information content (AvgIpc) is 2.46. The van der Waals surface area contributed by atoms with Crippen LogP contribution in [-0.2, 0) is 11.3 Å². The summed E-state index contributed by atoms with van der Waals surface area (Å²) in [5, 5.41) is 6.49. The van der Waals surface area contributed by atoms with Crippen LogP contribution in [0.4, 0.5) is 11.4 Å². The predicted octanol–water partition coefficient (Wildman–Crippen LogP) is 2.68. The average molecular weight is 290 g/mol. The number of nitrogens with one attached hydrogen (secondary N) is 2. The molecule has 0 spiro atoms. The zero-order valence-corrected chi connectivity index (χ0v) is 11.3. The van der Waals surface area contributed by atoms with Crippen molar-refractivity contribution in [2.24, 2.45) is 0 Å². The molecule has 0 saturated heterocycles. The summed E-state index contributed by atoms with van der Waals surface area (Å²) in [5.41, 5.74) is 2.46. The van der Waals surface area contributed by atoms with E-state index < -0.39 is 0 Å². The molecule has 0 saturated carbocycles. The van der Waals surface area contributed by atoms with Gasteiger partial charge in [-0.1, -0.05) is 11.6 Å². The first-order valence-corrected chi connectivity index (χ1v) is 6.49. The molecule has 0 fully saturated rings. The molecule has 0 aliphatic carbocycles. The van der Waals surface area contributed by atoms with E-state index in [-0.39, 0.29) is 12.5 Å². The molecule has 1 aliphatic heterocycles. The quantitative estimate of drug-likeness (QED) is 0.912. The maximum Gasteiger partial charge on any atom is 0.262 e. The van der Waals surface area contributed by atoms with Crippen LogP contribution in [0.15, 0.2) is 36.7 Å². The summed E-state index contributed by atoms with van der Waals surface area (Å²) in [6, 6.07) is 7.33. The van der Waals surface area contributed by atoms with Crippen LogP contribution in [0, 0.1) is 0 Å². The molecule has 0 unspecified atom stereocenters. The fraction of sp³-hybridized carbons (Fsp3) is 0.143. The third kappa shape index (κ3) is 2.67. The topological polar surface area (TPSA) is 63.2 Å². The van der Waals surface area contributed by atoms with Crippen molar-refractivity contribution in [3.05, 3.63) is 47.2 Å². The molecule has 2 aromatic rings. The summed E-state index contributed by atoms with van der Waals surface area (Å²) in [6.07, 6.45) is 3.48. The summed E-state index contributed by atoms with van der Waals surface area (Å²) in [6.45, 7) is 0.659. The zero-order valence-electron chi connectivity index (χ0n) is 10.5. The number of rotatable bonds is 3. The zero-order chi connectivity index (χ0) is 13.9. The number of hydrogen-bond donors (Lipinski definition) is 2. The molecule has 0 atom stereocenters. The van der Waals surface area contributed by atoms with Crippen molar-refractivity contribution < 1.29 is 9.53 Å². The molecule has 1 aromatic carbocycles. The van der Waals surface area contributed by atoms with E-state index in [0.29, 0.717) is 23.0 Å². The Labute approximate surface area is 120 Å². The van der Waals surface area contributed by atoms with Gasteiger partial charge in [-0.05, 0) is 23.8 Å². The van der Waals surface area contributed by atoms with Gasteiger partial charge >= 0.3 is 0 Å². The normalized spacial score (nSPS) is 13.2. The Morgan fingerprint density at radius 1 is 1.35 bits per heavy atom. The van der Waals surface area contributed by atoms with Crippen molar-refractivity contribution in [1.82, 2.24) is 4.98 Å². The molecular formula is C14H12ClN3O2. The van der Waals surface area contributed by atoms with Crippen LogP contribution in [0.25, 0.3) is 0 Å². The number of benzene rings is 1. The summed E-state index contributed by atoms with van der Waals surface area (Å²) in [4.78, 5) is 15.2. The summed E-state index contributed by atoms with van der Waals surface area (Å²) in [7, 11) is 0. The van der Waals surface area contributed by atoms with E-state index in [9.17, 15) is 4.79 Å². The second-order valence-electron chi connectivity index (χ2n) is 4.37. The Kier molecular flexibility index (Phi) is 3.43. The van der Waals surface area contributed by atoms with Crippen molar-refractivity contribution in [2.45, 2.75) is 6.54 Å². The van der Waals surface area contributed by atoms with Crippen molar-refractivity contribution in [3.8, 4) is 5.75 Å². The van der Waals surface area contributed by atoms with E-state index in [2.05, 4.69) is 15.6 Å². The van der Waals surface area contributed by atoms with Gasteiger partial charge in [-0.2, -0.15) is 0 Å². The first-order valence-electron chi connectivity index (χ1n) is 6.11. The number of hydrogen-bond acceptors (Lipinski definition) is 4. The van der Waals surface area contributed by atoms with Crippen molar-refractivity contribution in [2.75, 3.05) is 17.2 Å². The summed E-state index contributed by atoms with van der Waals surface area (Å²) in [5.74, 6) is 0.442. The molecule has 5 nitrogen and oxygen atoms in total. The first kappa shape index (κ1) is 12.7. The van der Waals surface area contributed by atoms with Crippen LogP contribution in [0.3, 0.4) is 0 Å². The molecule has 1 aromatic heterocycles. The molecule has 0 radical (unpaired) electrons. The van der Waals surface area contributed by atoms with Crippen molar-refractivity contribution in [3.63, 3.8) is 0 Å². The minimum absolute atomic E-state index is 0.0262. The molecular weight excluding hydrogens is 278 g/mol. The van der Waals surface area contributed by atoms with Crippen LogP contribution < -0.4 is 15.4 Å². The first-order chi connectivity index (χ1) is 9.72. The van der Waals surface area contributed by atoms with Crippen molar-refractivity contribution in [1.29, 1.82) is 0 Å². The third-order valence-corrected chi connectivity index (χ3v) is 3.25. The maximum absolute atomic E-state index is 11.2. The number of nitrogens with zero attached hydrogens (tertiary/aromatic N) is 1. The van der Waals surface area contributed by atoms with Crippen LogP contribution >= 0.6 is 11.6 Å². The number of fused-ring (bicyclic) bond motifs is 1. The fourth-order valence-corrected chi connectivity index (χ4v) is 2.16. The van der Waals surface area contributed by atoms with E-state index >= 15 is 0 Å². The van der Waals surface area contributed by atoms with Gasteiger partial charge < -0.3 is 15.4 Å². The molecule has 1 aliphatic rings. The van der Waals surface area contributed by atoms with Crippen LogP contribution in [0.1, 0.15) is 5.56 Å². The molecule has 102 valence electrons. The minimum atomic E-state index is -0.175. The summed E-state index contributed by atoms with van der Waals surface area (Å²) >= 11 is 6.19. The van der Waals surface area contributed by atoms with Crippen LogP contribution in [-0.4, -0.2) is 17.5 Å². The highest BCUT2D eigenvalue weighted by Crippen LogP contribution is 2.36. The number of carbonyl (C=O) groups is 1. The Morgan fingerprint density at radius 2 is 2.15 bits per heavy atom. The molecule has 2 heterocycles. The number of pyridine rings is 1. The molecule has 20 heavy (non-hydrogen) atoms. The van der Waals surface area contributed by atoms with Crippen molar-refractivity contribution >= 4 is 28.9 Å². The molecule has 1 amide bonds. The molecule has 2 N–H and O–H groups in total. The Morgan fingerprint density at radius 3 is 2.95 bits per heavy atom. The molecule has 6 heteroatoms. The van der Waals surface area contributed by atoms with E-state index in [0.717, 1.165) is 11.3 Å². The summed E-state index contributed by atoms with van der Waals surface area (Å²) < 4.78 is 5.36. The Bertz CT molecular complexity index is 646. The van der Waals surface area contributed by atoms with Gasteiger partial charge in [0.1, 0.15) is 5.75 Å². The number of anilines is 2. The number of amides is 1. The number of aromatic nitrogens is 1. The number of ether oxygens (including phenoxy) is 1. The second-order valence-corrected chi connectivity index (χ2v) is 4.78. The fourth-order valence-electron chi connectivity index (χ4n) is 1.93. The maximum atomic E-state index is 11.2. The smallest absolute Gasteiger partial charge is 0.262 e. The lowest BCUT2D eigenvalue weighted by Crippen LogP contribution is -2.25. The number of carbonyl (C=O) groups excluding carboxylic acids is 1. The van der Waals surface area contributed by atoms with E-state index in [1.807, 2.05) is 12.1 Å². The van der Waals surface area contributed by atoms with Gasteiger partial charge in [0.2, 0.25) is 0 Å². The lowest BCUT2D eigenvalue weighted by molar-refractivity contribution is -0.118. The predicted molar refractivity (Wildman–Crippen MR) is 77.1 cm³/mol. The molecule has 0 bridgehead atoms. The van der Waals surface area contributed by atoms with Gasteiger partial charge in [-0.15, -0.1) is 0 Å². The van der Waals surface area contributed by atoms with Crippen LogP contribution in [0.2, 0.25) is 5.02 Å². The van der Waals surface area contributed by atoms with E-state index in [4.69, 9.17) is 16.3 Å². The monoisotopic (exact) mass is 289 g/mol. The van der Waals surface area contributed by atoms with Gasteiger partial charge in [0, 0.05) is 25.0 Å². The standard InChI is InChI=1S/C14H12ClN3O2/c15-10-5-12-13(20-8-14(19)18-12)6-11(10)17-7-9-1-3-16-4-2-9/h1-6,17H,7-8H2,(H,18,19). The highest BCUT2D eigenvalue weighted by atomic mass is 35.5. The third-order valence-electron chi connectivity index (χ3n) is 2.93. The van der Waals surface area contributed by atoms with Gasteiger partial charge in [-0.25, -0.2) is 0 Å². The SMILES string of the molecule is O=C1COc2cc(NCc3ccncc3)c(Cl)cc2N1.